The van der Waals surface area contributed by atoms with Gasteiger partial charge in [-0.05, 0) is 24.5 Å². The number of nitrogens with one attached hydrogen (secondary N) is 3. The van der Waals surface area contributed by atoms with Crippen molar-refractivity contribution < 1.29 is 14.3 Å². The lowest BCUT2D eigenvalue weighted by Crippen LogP contribution is -2.28. The molecule has 3 N–H and O–H groups in total. The minimum absolute atomic E-state index is 0.0123. The van der Waals surface area contributed by atoms with Gasteiger partial charge in [0.05, 0.1) is 5.69 Å². The lowest BCUT2D eigenvalue weighted by atomic mass is 10.1. The first-order valence-corrected chi connectivity index (χ1v) is 8.62. The highest BCUT2D eigenvalue weighted by Gasteiger charge is 2.23. The van der Waals surface area contributed by atoms with Crippen LogP contribution in [0.1, 0.15) is 28.9 Å². The van der Waals surface area contributed by atoms with Crippen molar-refractivity contribution in [2.45, 2.75) is 25.4 Å². The molecule has 1 aromatic heterocycles. The van der Waals surface area contributed by atoms with Gasteiger partial charge >= 0.3 is 0 Å². The van der Waals surface area contributed by atoms with Gasteiger partial charge in [0.25, 0.3) is 11.8 Å². The Morgan fingerprint density at radius 1 is 1.42 bits per heavy atom. The number of hydrogen-bond acceptors (Lipinski definition) is 6. The topological polar surface area (TPSA) is 92.3 Å². The van der Waals surface area contributed by atoms with E-state index < -0.39 is 0 Å². The number of para-hydroxylation sites is 1. The lowest BCUT2D eigenvalue weighted by Gasteiger charge is -2.20. The van der Waals surface area contributed by atoms with Crippen LogP contribution in [0.5, 0.6) is 5.75 Å². The molecular weight excluding hydrogens is 328 g/mol. The summed E-state index contributed by atoms with van der Waals surface area (Å²) in [4.78, 5) is 28.0. The lowest BCUT2D eigenvalue weighted by molar-refractivity contribution is -0.118. The summed E-state index contributed by atoms with van der Waals surface area (Å²) in [5.74, 6) is 0.179. The van der Waals surface area contributed by atoms with Crippen LogP contribution in [0, 0.1) is 0 Å². The van der Waals surface area contributed by atoms with E-state index in [4.69, 9.17) is 4.74 Å². The largest absolute Gasteiger partial charge is 0.482 e. The predicted octanol–water partition coefficient (Wildman–Crippen LogP) is 1.98. The van der Waals surface area contributed by atoms with Gasteiger partial charge in [0.2, 0.25) is 0 Å². The molecule has 0 spiro atoms. The van der Waals surface area contributed by atoms with E-state index in [0.717, 1.165) is 23.5 Å². The molecule has 0 bridgehead atoms. The summed E-state index contributed by atoms with van der Waals surface area (Å²) in [7, 11) is 0. The molecule has 24 heavy (non-hydrogen) atoms. The first kappa shape index (κ1) is 14.9. The van der Waals surface area contributed by atoms with E-state index in [9.17, 15) is 9.59 Å². The van der Waals surface area contributed by atoms with E-state index in [1.165, 1.54) is 11.3 Å². The molecule has 1 saturated carbocycles. The Morgan fingerprint density at radius 3 is 3.12 bits per heavy atom. The molecule has 2 heterocycles. The highest BCUT2D eigenvalue weighted by molar-refractivity contribution is 7.13. The summed E-state index contributed by atoms with van der Waals surface area (Å²) in [6.07, 6.45) is 2.32. The van der Waals surface area contributed by atoms with Gasteiger partial charge < -0.3 is 20.7 Å². The van der Waals surface area contributed by atoms with Crippen molar-refractivity contribution in [2.24, 2.45) is 0 Å². The van der Waals surface area contributed by atoms with Crippen molar-refractivity contribution >= 4 is 34.0 Å². The molecule has 0 unspecified atom stereocenters. The van der Waals surface area contributed by atoms with Crippen LogP contribution in [0.4, 0.5) is 10.8 Å². The van der Waals surface area contributed by atoms with Gasteiger partial charge in [0.15, 0.2) is 11.7 Å². The van der Waals surface area contributed by atoms with Crippen molar-refractivity contribution in [2.75, 3.05) is 17.2 Å². The molecule has 0 saturated heterocycles. The summed E-state index contributed by atoms with van der Waals surface area (Å²) in [5.41, 5.74) is 1.80. The minimum Gasteiger partial charge on any atom is -0.482 e. The second kappa shape index (κ2) is 6.12. The maximum atomic E-state index is 12.3. The van der Waals surface area contributed by atoms with Crippen LogP contribution in [-0.2, 0) is 11.3 Å². The van der Waals surface area contributed by atoms with Crippen LogP contribution in [-0.4, -0.2) is 29.4 Å². The van der Waals surface area contributed by atoms with Gasteiger partial charge in [-0.3, -0.25) is 9.59 Å². The fourth-order valence-corrected chi connectivity index (χ4v) is 3.19. The van der Waals surface area contributed by atoms with Crippen LogP contribution in [0.3, 0.4) is 0 Å². The highest BCUT2D eigenvalue weighted by atomic mass is 32.1. The number of carbonyl (C=O) groups excluding carboxylic acids is 2. The number of nitrogens with zero attached hydrogens (tertiary/aromatic N) is 1. The zero-order valence-electron chi connectivity index (χ0n) is 12.8. The molecule has 7 nitrogen and oxygen atoms in total. The van der Waals surface area contributed by atoms with Crippen molar-refractivity contribution in [3.63, 3.8) is 0 Å². The number of amides is 2. The van der Waals surface area contributed by atoms with E-state index in [1.807, 2.05) is 12.1 Å². The third-order valence-corrected chi connectivity index (χ3v) is 4.59. The third-order valence-electron chi connectivity index (χ3n) is 3.82. The third kappa shape index (κ3) is 3.18. The summed E-state index contributed by atoms with van der Waals surface area (Å²) in [5, 5.41) is 11.4. The zero-order chi connectivity index (χ0) is 16.5. The van der Waals surface area contributed by atoms with Crippen LogP contribution in [0.25, 0.3) is 0 Å². The van der Waals surface area contributed by atoms with E-state index in [-0.39, 0.29) is 25.0 Å². The zero-order valence-corrected chi connectivity index (χ0v) is 13.6. The Labute approximate surface area is 142 Å². The van der Waals surface area contributed by atoms with Gasteiger partial charge in [0, 0.05) is 18.0 Å². The van der Waals surface area contributed by atoms with Crippen molar-refractivity contribution in [3.8, 4) is 5.75 Å². The van der Waals surface area contributed by atoms with Crippen molar-refractivity contribution in [1.29, 1.82) is 0 Å². The number of benzene rings is 1. The summed E-state index contributed by atoms with van der Waals surface area (Å²) >= 11 is 1.43. The van der Waals surface area contributed by atoms with Crippen LogP contribution < -0.4 is 20.7 Å². The smallest absolute Gasteiger partial charge is 0.271 e. The van der Waals surface area contributed by atoms with E-state index in [1.54, 1.807) is 11.4 Å². The molecule has 1 fully saturated rings. The number of rotatable bonds is 5. The second-order valence-electron chi connectivity index (χ2n) is 5.77. The van der Waals surface area contributed by atoms with Crippen LogP contribution >= 0.6 is 11.3 Å². The molecule has 8 heteroatoms. The normalized spacial score (nSPS) is 15.9. The maximum Gasteiger partial charge on any atom is 0.271 e. The van der Waals surface area contributed by atoms with Crippen molar-refractivity contribution in [1.82, 2.24) is 10.3 Å². The fourth-order valence-electron chi connectivity index (χ4n) is 2.42. The number of carbonyl (C=O) groups is 2. The van der Waals surface area contributed by atoms with Gasteiger partial charge in [-0.25, -0.2) is 4.98 Å². The van der Waals surface area contributed by atoms with Crippen LogP contribution in [0.15, 0.2) is 23.6 Å². The van der Waals surface area contributed by atoms with E-state index >= 15 is 0 Å². The molecule has 2 aliphatic rings. The molecule has 0 atom stereocenters. The summed E-state index contributed by atoms with van der Waals surface area (Å²) in [6, 6.07) is 5.97. The number of aromatic nitrogens is 1. The molecule has 1 aliphatic heterocycles. The van der Waals surface area contributed by atoms with E-state index in [2.05, 4.69) is 20.9 Å². The van der Waals surface area contributed by atoms with Gasteiger partial charge in [-0.1, -0.05) is 12.1 Å². The van der Waals surface area contributed by atoms with E-state index in [0.29, 0.717) is 23.2 Å². The van der Waals surface area contributed by atoms with Gasteiger partial charge in [-0.2, -0.15) is 0 Å². The number of hydrogen-bond donors (Lipinski definition) is 3. The molecule has 1 aliphatic carbocycles. The molecule has 2 aromatic rings. The summed E-state index contributed by atoms with van der Waals surface area (Å²) in [6.45, 7) is 0.299. The fraction of sp³-hybridized carbons (Fsp3) is 0.312. The molecule has 124 valence electrons. The molecular formula is C16H16N4O3S. The quantitative estimate of drug-likeness (QED) is 0.771. The first-order chi connectivity index (χ1) is 11.7. The predicted molar refractivity (Wildman–Crippen MR) is 90.5 cm³/mol. The minimum atomic E-state index is -0.240. The number of ether oxygens (including phenoxy) is 1. The van der Waals surface area contributed by atoms with Crippen LogP contribution in [0.2, 0.25) is 0 Å². The highest BCUT2D eigenvalue weighted by Crippen LogP contribution is 2.31. The second-order valence-corrected chi connectivity index (χ2v) is 6.62. The van der Waals surface area contributed by atoms with Gasteiger partial charge in [-0.15, -0.1) is 11.3 Å². The Balaban J connectivity index is 1.42. The Kier molecular flexibility index (Phi) is 3.81. The average Bonchev–Trinajstić information content (AvgIpc) is 3.27. The molecule has 1 aromatic carbocycles. The SMILES string of the molecule is O=C1COc2cccc(CNC(=O)c3csc(NC4CC4)n3)c2N1. The first-order valence-electron chi connectivity index (χ1n) is 7.74. The Hall–Kier alpha value is -2.61. The molecule has 4 rings (SSSR count). The molecule has 0 radical (unpaired) electrons. The van der Waals surface area contributed by atoms with Gasteiger partial charge in [0.1, 0.15) is 11.4 Å². The number of anilines is 2. The Morgan fingerprint density at radius 2 is 2.29 bits per heavy atom. The number of thiazole rings is 1. The Bertz CT molecular complexity index is 800. The van der Waals surface area contributed by atoms with Crippen molar-refractivity contribution in [3.05, 3.63) is 34.8 Å². The summed E-state index contributed by atoms with van der Waals surface area (Å²) < 4.78 is 5.37. The number of fused-ring (bicyclic) bond motifs is 1. The monoisotopic (exact) mass is 344 g/mol. The average molecular weight is 344 g/mol. The maximum absolute atomic E-state index is 12.3. The molecule has 2 amide bonds. The standard InChI is InChI=1S/C16H16N4O3S/c21-13-7-23-12-3-1-2-9(14(12)20-13)6-17-15(22)11-8-24-16(19-11)18-10-4-5-10/h1-3,8,10H,4-7H2,(H,17,22)(H,18,19)(H,20,21).